The second kappa shape index (κ2) is 7.58. The molecule has 0 heterocycles. The second-order valence-corrected chi connectivity index (χ2v) is 5.59. The van der Waals surface area contributed by atoms with E-state index in [1.165, 1.54) is 17.2 Å². The van der Waals surface area contributed by atoms with Gasteiger partial charge in [-0.2, -0.15) is 0 Å². The molecular formula is C18H21ClFN. The van der Waals surface area contributed by atoms with Crippen molar-refractivity contribution in [1.29, 1.82) is 0 Å². The van der Waals surface area contributed by atoms with Gasteiger partial charge in [0, 0.05) is 16.6 Å². The number of hydrogen-bond donors (Lipinski definition) is 1. The Morgan fingerprint density at radius 1 is 1.05 bits per heavy atom. The van der Waals surface area contributed by atoms with Gasteiger partial charge in [-0.05, 0) is 42.6 Å². The molecule has 0 amide bonds. The number of halogens is 2. The lowest BCUT2D eigenvalue weighted by atomic mass is 9.97. The van der Waals surface area contributed by atoms with Crippen LogP contribution in [0.2, 0.25) is 5.02 Å². The molecule has 0 fully saturated rings. The van der Waals surface area contributed by atoms with Crippen molar-refractivity contribution in [2.24, 2.45) is 0 Å². The van der Waals surface area contributed by atoms with Crippen LogP contribution in [0.1, 0.15) is 36.6 Å². The van der Waals surface area contributed by atoms with Crippen LogP contribution in [0.5, 0.6) is 0 Å². The quantitative estimate of drug-likeness (QED) is 0.797. The molecule has 1 unspecified atom stereocenters. The van der Waals surface area contributed by atoms with E-state index in [2.05, 4.69) is 36.5 Å². The van der Waals surface area contributed by atoms with Gasteiger partial charge < -0.3 is 5.32 Å². The third kappa shape index (κ3) is 4.29. The molecule has 0 spiro atoms. The molecule has 0 bridgehead atoms. The van der Waals surface area contributed by atoms with Crippen molar-refractivity contribution in [3.8, 4) is 0 Å². The first-order valence-electron chi connectivity index (χ1n) is 7.40. The molecule has 1 atom stereocenters. The van der Waals surface area contributed by atoms with E-state index in [4.69, 9.17) is 11.6 Å². The number of likely N-dealkylation sites (N-methyl/N-ethyl adjacent to an activating group) is 1. The van der Waals surface area contributed by atoms with Gasteiger partial charge in [0.25, 0.3) is 0 Å². The average molecular weight is 306 g/mol. The van der Waals surface area contributed by atoms with Crippen LogP contribution in [0.25, 0.3) is 0 Å². The van der Waals surface area contributed by atoms with Gasteiger partial charge in [0.1, 0.15) is 5.82 Å². The summed E-state index contributed by atoms with van der Waals surface area (Å²) < 4.78 is 14.1. The maximum absolute atomic E-state index is 14.1. The molecule has 3 heteroatoms. The molecule has 0 aromatic heterocycles. The summed E-state index contributed by atoms with van der Waals surface area (Å²) in [6.45, 7) is 4.96. The van der Waals surface area contributed by atoms with Crippen LogP contribution in [0.3, 0.4) is 0 Å². The van der Waals surface area contributed by atoms with E-state index in [0.29, 0.717) is 10.6 Å². The molecule has 1 nitrogen and oxygen atoms in total. The smallest absolute Gasteiger partial charge is 0.129 e. The monoisotopic (exact) mass is 305 g/mol. The third-order valence-electron chi connectivity index (χ3n) is 3.66. The number of rotatable bonds is 6. The number of benzene rings is 2. The van der Waals surface area contributed by atoms with Crippen molar-refractivity contribution in [2.75, 3.05) is 6.54 Å². The zero-order chi connectivity index (χ0) is 15.2. The molecular weight excluding hydrogens is 285 g/mol. The molecule has 2 rings (SSSR count). The molecule has 0 saturated heterocycles. The summed E-state index contributed by atoms with van der Waals surface area (Å²) in [4.78, 5) is 0. The maximum Gasteiger partial charge on any atom is 0.129 e. The van der Waals surface area contributed by atoms with E-state index < -0.39 is 0 Å². The minimum atomic E-state index is -0.251. The van der Waals surface area contributed by atoms with Gasteiger partial charge in [0.05, 0.1) is 0 Å². The van der Waals surface area contributed by atoms with Crippen LogP contribution < -0.4 is 5.32 Å². The van der Waals surface area contributed by atoms with Crippen LogP contribution in [-0.2, 0) is 12.8 Å². The highest BCUT2D eigenvalue weighted by Gasteiger charge is 2.15. The van der Waals surface area contributed by atoms with Gasteiger partial charge in [0.15, 0.2) is 0 Å². The summed E-state index contributed by atoms with van der Waals surface area (Å²) in [5.41, 5.74) is 3.18. The van der Waals surface area contributed by atoms with E-state index in [-0.39, 0.29) is 11.9 Å². The van der Waals surface area contributed by atoms with Crippen molar-refractivity contribution < 1.29 is 4.39 Å². The number of hydrogen-bond acceptors (Lipinski definition) is 1. The van der Waals surface area contributed by atoms with Crippen molar-refractivity contribution in [2.45, 2.75) is 32.7 Å². The Balaban J connectivity index is 2.21. The number of aryl methyl sites for hydroxylation is 1. The molecule has 2 aromatic rings. The summed E-state index contributed by atoms with van der Waals surface area (Å²) in [6, 6.07) is 13.4. The molecule has 2 aromatic carbocycles. The Hall–Kier alpha value is -1.38. The molecule has 21 heavy (non-hydrogen) atoms. The Morgan fingerprint density at radius 2 is 1.71 bits per heavy atom. The van der Waals surface area contributed by atoms with E-state index >= 15 is 0 Å². The van der Waals surface area contributed by atoms with Crippen molar-refractivity contribution >= 4 is 11.6 Å². The minimum Gasteiger partial charge on any atom is -0.310 e. The summed E-state index contributed by atoms with van der Waals surface area (Å²) in [5.74, 6) is -0.251. The third-order valence-corrected chi connectivity index (χ3v) is 3.89. The van der Waals surface area contributed by atoms with Crippen LogP contribution >= 0.6 is 11.6 Å². The van der Waals surface area contributed by atoms with Crippen LogP contribution in [0.15, 0.2) is 42.5 Å². The van der Waals surface area contributed by atoms with Crippen LogP contribution in [-0.4, -0.2) is 6.54 Å². The summed E-state index contributed by atoms with van der Waals surface area (Å²) in [6.07, 6.45) is 1.79. The van der Waals surface area contributed by atoms with Gasteiger partial charge in [-0.15, -0.1) is 0 Å². The fourth-order valence-electron chi connectivity index (χ4n) is 2.47. The van der Waals surface area contributed by atoms with Crippen LogP contribution in [0.4, 0.5) is 4.39 Å². The molecule has 0 saturated carbocycles. The van der Waals surface area contributed by atoms with Crippen LogP contribution in [0, 0.1) is 5.82 Å². The van der Waals surface area contributed by atoms with Gasteiger partial charge >= 0.3 is 0 Å². The Kier molecular flexibility index (Phi) is 5.77. The van der Waals surface area contributed by atoms with Gasteiger partial charge in [-0.25, -0.2) is 4.39 Å². The average Bonchev–Trinajstić information content (AvgIpc) is 2.48. The fourth-order valence-corrected chi connectivity index (χ4v) is 2.63. The number of nitrogens with one attached hydrogen (secondary N) is 1. The zero-order valence-corrected chi connectivity index (χ0v) is 13.3. The van der Waals surface area contributed by atoms with E-state index in [9.17, 15) is 4.39 Å². The van der Waals surface area contributed by atoms with E-state index in [0.717, 1.165) is 19.4 Å². The summed E-state index contributed by atoms with van der Waals surface area (Å²) >= 11 is 5.83. The van der Waals surface area contributed by atoms with Crippen molar-refractivity contribution in [1.82, 2.24) is 5.32 Å². The molecule has 0 radical (unpaired) electrons. The molecule has 0 aliphatic rings. The standard InChI is InChI=1S/C18H21ClFN/c1-3-13-5-7-14(8-6-13)11-18(21-4-2)16-10-9-15(19)12-17(16)20/h5-10,12,18,21H,3-4,11H2,1-2H3. The van der Waals surface area contributed by atoms with Gasteiger partial charge in [-0.3, -0.25) is 0 Å². The molecule has 112 valence electrons. The highest BCUT2D eigenvalue weighted by Crippen LogP contribution is 2.24. The first-order chi connectivity index (χ1) is 10.1. The largest absolute Gasteiger partial charge is 0.310 e. The van der Waals surface area contributed by atoms with Crippen molar-refractivity contribution in [3.05, 3.63) is 70.0 Å². The van der Waals surface area contributed by atoms with E-state index in [1.807, 2.05) is 6.92 Å². The Labute approximate surface area is 131 Å². The predicted octanol–water partition coefficient (Wildman–Crippen LogP) is 4.93. The fraction of sp³-hybridized carbons (Fsp3) is 0.333. The van der Waals surface area contributed by atoms with E-state index in [1.54, 1.807) is 12.1 Å². The lowest BCUT2D eigenvalue weighted by Gasteiger charge is -2.19. The zero-order valence-electron chi connectivity index (χ0n) is 12.5. The molecule has 0 aliphatic heterocycles. The maximum atomic E-state index is 14.1. The van der Waals surface area contributed by atoms with Crippen molar-refractivity contribution in [3.63, 3.8) is 0 Å². The first-order valence-corrected chi connectivity index (χ1v) is 7.78. The lowest BCUT2D eigenvalue weighted by molar-refractivity contribution is 0.510. The SMILES string of the molecule is CCNC(Cc1ccc(CC)cc1)c1ccc(Cl)cc1F. The minimum absolute atomic E-state index is 0.0419. The summed E-state index contributed by atoms with van der Waals surface area (Å²) in [7, 11) is 0. The molecule has 0 aliphatic carbocycles. The highest BCUT2D eigenvalue weighted by atomic mass is 35.5. The van der Waals surface area contributed by atoms with Gasteiger partial charge in [-0.1, -0.05) is 55.8 Å². The Morgan fingerprint density at radius 3 is 2.29 bits per heavy atom. The first kappa shape index (κ1) is 16.0. The lowest BCUT2D eigenvalue weighted by Crippen LogP contribution is -2.24. The predicted molar refractivity (Wildman–Crippen MR) is 87.4 cm³/mol. The topological polar surface area (TPSA) is 12.0 Å². The molecule has 1 N–H and O–H groups in total. The Bertz CT molecular complexity index is 580. The normalized spacial score (nSPS) is 12.4. The highest BCUT2D eigenvalue weighted by molar-refractivity contribution is 6.30. The summed E-state index contributed by atoms with van der Waals surface area (Å²) in [5, 5.41) is 3.78. The van der Waals surface area contributed by atoms with Gasteiger partial charge in [0.2, 0.25) is 0 Å². The second-order valence-electron chi connectivity index (χ2n) is 5.15.